The van der Waals surface area contributed by atoms with Gasteiger partial charge in [0.15, 0.2) is 11.7 Å². The van der Waals surface area contributed by atoms with Gasteiger partial charge in [-0.2, -0.15) is 0 Å². The van der Waals surface area contributed by atoms with Crippen molar-refractivity contribution in [2.75, 3.05) is 43.4 Å². The minimum atomic E-state index is 0.0726. The Kier molecular flexibility index (Phi) is 7.23. The van der Waals surface area contributed by atoms with Gasteiger partial charge in [-0.05, 0) is 55.2 Å². The van der Waals surface area contributed by atoms with E-state index in [0.717, 1.165) is 60.2 Å². The molecule has 0 saturated carbocycles. The third kappa shape index (κ3) is 5.55. The monoisotopic (exact) mass is 411 g/mol. The molecule has 154 valence electrons. The van der Waals surface area contributed by atoms with Crippen molar-refractivity contribution in [1.29, 1.82) is 0 Å². The van der Waals surface area contributed by atoms with E-state index in [-0.39, 0.29) is 5.91 Å². The molecule has 29 heavy (non-hydrogen) atoms. The van der Waals surface area contributed by atoms with Crippen molar-refractivity contribution >= 4 is 34.6 Å². The zero-order chi connectivity index (χ0) is 20.8. The van der Waals surface area contributed by atoms with Crippen LogP contribution in [0.2, 0.25) is 0 Å². The SMILES string of the molecule is CCc1ccccc1NC(=S)N1CC[NH+](CC(=O)Nc2c(C)cccc2C)CC1. The van der Waals surface area contributed by atoms with E-state index in [1.54, 1.807) is 0 Å². The maximum Gasteiger partial charge on any atom is 0.279 e. The van der Waals surface area contributed by atoms with E-state index in [9.17, 15) is 4.79 Å². The first-order valence-corrected chi connectivity index (χ1v) is 10.7. The maximum atomic E-state index is 12.5. The van der Waals surface area contributed by atoms with E-state index in [4.69, 9.17) is 12.2 Å². The molecule has 1 amide bonds. The van der Waals surface area contributed by atoms with Gasteiger partial charge in [0.1, 0.15) is 0 Å². The first-order chi connectivity index (χ1) is 14.0. The van der Waals surface area contributed by atoms with Gasteiger partial charge in [-0.25, -0.2) is 0 Å². The van der Waals surface area contributed by atoms with Crippen molar-refractivity contribution in [3.05, 3.63) is 59.2 Å². The molecule has 1 heterocycles. The number of aryl methyl sites for hydroxylation is 3. The molecular formula is C23H31N4OS+. The molecule has 1 aliphatic heterocycles. The van der Waals surface area contributed by atoms with Gasteiger partial charge in [-0.15, -0.1) is 0 Å². The molecule has 0 spiro atoms. The average molecular weight is 412 g/mol. The van der Waals surface area contributed by atoms with Gasteiger partial charge in [0.25, 0.3) is 5.91 Å². The van der Waals surface area contributed by atoms with Gasteiger partial charge in [0, 0.05) is 11.4 Å². The van der Waals surface area contributed by atoms with Gasteiger partial charge in [0.2, 0.25) is 0 Å². The second-order valence-electron chi connectivity index (χ2n) is 7.67. The van der Waals surface area contributed by atoms with Crippen molar-refractivity contribution in [1.82, 2.24) is 4.90 Å². The molecule has 2 aromatic carbocycles. The Morgan fingerprint density at radius 2 is 1.69 bits per heavy atom. The number of carbonyl (C=O) groups excluding carboxylic acids is 1. The molecule has 0 radical (unpaired) electrons. The van der Waals surface area contributed by atoms with Crippen LogP contribution in [0.5, 0.6) is 0 Å². The van der Waals surface area contributed by atoms with Crippen molar-refractivity contribution in [2.24, 2.45) is 0 Å². The van der Waals surface area contributed by atoms with E-state index in [1.165, 1.54) is 10.5 Å². The third-order valence-corrected chi connectivity index (χ3v) is 5.91. The lowest BCUT2D eigenvalue weighted by atomic mass is 10.1. The van der Waals surface area contributed by atoms with Crippen LogP contribution in [-0.2, 0) is 11.2 Å². The Hall–Kier alpha value is -2.44. The van der Waals surface area contributed by atoms with Crippen LogP contribution >= 0.6 is 12.2 Å². The fourth-order valence-corrected chi connectivity index (χ4v) is 4.06. The number of piperazine rings is 1. The van der Waals surface area contributed by atoms with Crippen LogP contribution in [0.3, 0.4) is 0 Å². The summed E-state index contributed by atoms with van der Waals surface area (Å²) in [5.41, 5.74) is 5.49. The molecule has 0 bridgehead atoms. The van der Waals surface area contributed by atoms with Crippen LogP contribution in [-0.4, -0.2) is 48.6 Å². The molecule has 1 fully saturated rings. The first kappa shape index (κ1) is 21.3. The van der Waals surface area contributed by atoms with E-state index >= 15 is 0 Å². The molecule has 0 atom stereocenters. The second kappa shape index (κ2) is 9.85. The number of nitrogens with zero attached hydrogens (tertiary/aromatic N) is 1. The van der Waals surface area contributed by atoms with E-state index in [0.29, 0.717) is 6.54 Å². The number of nitrogens with one attached hydrogen (secondary N) is 3. The number of hydrogen-bond acceptors (Lipinski definition) is 2. The molecule has 1 saturated heterocycles. The van der Waals surface area contributed by atoms with Gasteiger partial charge in [-0.1, -0.05) is 43.3 Å². The summed E-state index contributed by atoms with van der Waals surface area (Å²) in [6, 6.07) is 14.4. The quantitative estimate of drug-likeness (QED) is 0.662. The molecular weight excluding hydrogens is 380 g/mol. The Morgan fingerprint density at radius 3 is 2.34 bits per heavy atom. The fraction of sp³-hybridized carbons (Fsp3) is 0.391. The predicted molar refractivity (Wildman–Crippen MR) is 124 cm³/mol. The topological polar surface area (TPSA) is 48.8 Å². The van der Waals surface area contributed by atoms with Crippen LogP contribution in [0.25, 0.3) is 0 Å². The summed E-state index contributed by atoms with van der Waals surface area (Å²) >= 11 is 5.63. The highest BCUT2D eigenvalue weighted by Crippen LogP contribution is 2.19. The average Bonchev–Trinajstić information content (AvgIpc) is 2.72. The number of hydrogen-bond donors (Lipinski definition) is 3. The van der Waals surface area contributed by atoms with Crippen molar-refractivity contribution in [3.63, 3.8) is 0 Å². The molecule has 3 rings (SSSR count). The summed E-state index contributed by atoms with van der Waals surface area (Å²) in [4.78, 5) is 16.0. The van der Waals surface area contributed by atoms with Gasteiger partial charge in [0.05, 0.1) is 26.2 Å². The second-order valence-corrected chi connectivity index (χ2v) is 8.06. The summed E-state index contributed by atoms with van der Waals surface area (Å²) in [5, 5.41) is 7.26. The number of rotatable bonds is 5. The highest BCUT2D eigenvalue weighted by Gasteiger charge is 2.24. The predicted octanol–water partition coefficient (Wildman–Crippen LogP) is 2.40. The van der Waals surface area contributed by atoms with Crippen LogP contribution in [0.15, 0.2) is 42.5 Å². The van der Waals surface area contributed by atoms with E-state index in [1.807, 2.05) is 38.1 Å². The Balaban J connectivity index is 1.49. The Bertz CT molecular complexity index is 855. The summed E-state index contributed by atoms with van der Waals surface area (Å²) in [7, 11) is 0. The van der Waals surface area contributed by atoms with Crippen LogP contribution in [0.1, 0.15) is 23.6 Å². The molecule has 0 aliphatic carbocycles. The standard InChI is InChI=1S/C23H30N4OS/c1-4-19-10-5-6-11-20(19)24-23(29)27-14-12-26(13-15-27)16-21(28)25-22-17(2)8-7-9-18(22)3/h5-11H,4,12-16H2,1-3H3,(H,24,29)(H,25,28)/p+1. The van der Waals surface area contributed by atoms with Crippen LogP contribution in [0, 0.1) is 13.8 Å². The minimum absolute atomic E-state index is 0.0726. The zero-order valence-corrected chi connectivity index (χ0v) is 18.4. The lowest BCUT2D eigenvalue weighted by Crippen LogP contribution is -3.15. The van der Waals surface area contributed by atoms with Crippen molar-refractivity contribution in [3.8, 4) is 0 Å². The lowest BCUT2D eigenvalue weighted by molar-refractivity contribution is -0.895. The summed E-state index contributed by atoms with van der Waals surface area (Å²) < 4.78 is 0. The molecule has 0 aromatic heterocycles. The zero-order valence-electron chi connectivity index (χ0n) is 17.5. The largest absolute Gasteiger partial charge is 0.338 e. The Morgan fingerprint density at radius 1 is 1.03 bits per heavy atom. The van der Waals surface area contributed by atoms with Crippen LogP contribution in [0.4, 0.5) is 11.4 Å². The number of thiocarbonyl (C=S) groups is 1. The third-order valence-electron chi connectivity index (χ3n) is 5.55. The summed E-state index contributed by atoms with van der Waals surface area (Å²) in [6.45, 7) is 10.2. The number of para-hydroxylation sites is 2. The number of benzene rings is 2. The molecule has 6 heteroatoms. The summed E-state index contributed by atoms with van der Waals surface area (Å²) in [5.74, 6) is 0.0726. The normalized spacial score (nSPS) is 14.5. The Labute approximate surface area is 179 Å². The van der Waals surface area contributed by atoms with E-state index < -0.39 is 0 Å². The molecule has 5 nitrogen and oxygen atoms in total. The van der Waals surface area contributed by atoms with Crippen molar-refractivity contribution in [2.45, 2.75) is 27.2 Å². The van der Waals surface area contributed by atoms with Gasteiger partial charge in [-0.3, -0.25) is 4.79 Å². The fourth-order valence-electron chi connectivity index (χ4n) is 3.77. The van der Waals surface area contributed by atoms with Crippen LogP contribution < -0.4 is 15.5 Å². The number of amides is 1. The number of carbonyl (C=O) groups is 1. The summed E-state index contributed by atoms with van der Waals surface area (Å²) in [6.07, 6.45) is 0.971. The van der Waals surface area contributed by atoms with Crippen molar-refractivity contribution < 1.29 is 9.69 Å². The maximum absolute atomic E-state index is 12.5. The molecule has 0 unspecified atom stereocenters. The number of quaternary nitrogens is 1. The number of anilines is 2. The van der Waals surface area contributed by atoms with Gasteiger partial charge < -0.3 is 20.4 Å². The molecule has 3 N–H and O–H groups in total. The first-order valence-electron chi connectivity index (χ1n) is 10.3. The van der Waals surface area contributed by atoms with E-state index in [2.05, 4.69) is 40.7 Å². The highest BCUT2D eigenvalue weighted by molar-refractivity contribution is 7.80. The lowest BCUT2D eigenvalue weighted by Gasteiger charge is -2.33. The molecule has 1 aliphatic rings. The highest BCUT2D eigenvalue weighted by atomic mass is 32.1. The minimum Gasteiger partial charge on any atom is -0.338 e. The molecule has 2 aromatic rings. The van der Waals surface area contributed by atoms with Gasteiger partial charge >= 0.3 is 0 Å². The smallest absolute Gasteiger partial charge is 0.279 e.